The number of amides is 1. The zero-order valence-electron chi connectivity index (χ0n) is 22.3. The highest BCUT2D eigenvalue weighted by molar-refractivity contribution is 9.10. The van der Waals surface area contributed by atoms with Crippen LogP contribution in [0.5, 0.6) is 5.75 Å². The van der Waals surface area contributed by atoms with Crippen LogP contribution in [-0.4, -0.2) is 78.5 Å². The lowest BCUT2D eigenvalue weighted by Crippen LogP contribution is -2.59. The molecule has 1 aromatic carbocycles. The minimum absolute atomic E-state index is 0.0623. The van der Waals surface area contributed by atoms with Crippen molar-refractivity contribution >= 4 is 50.2 Å². The summed E-state index contributed by atoms with van der Waals surface area (Å²) in [5.74, 6) is 0.494. The Labute approximate surface area is 230 Å². The third kappa shape index (κ3) is 5.01. The van der Waals surface area contributed by atoms with Gasteiger partial charge in [-0.3, -0.25) is 9.36 Å². The maximum atomic E-state index is 13.9. The van der Waals surface area contributed by atoms with E-state index in [1.165, 1.54) is 0 Å². The summed E-state index contributed by atoms with van der Waals surface area (Å²) in [6, 6.07) is 3.30. The molecule has 1 saturated heterocycles. The number of rotatable bonds is 3. The van der Waals surface area contributed by atoms with Crippen molar-refractivity contribution < 1.29 is 14.3 Å². The number of hydrogen-bond acceptors (Lipinski definition) is 7. The SMILES string of the molecule is CC1CN(c2c(C#N)c(=O)n3c4c(c(Br)c(Cl)cc24)OC[C@H]3CN(C)C)C(C)CN1C(=O)OC(C)(C)C. The summed E-state index contributed by atoms with van der Waals surface area (Å²) in [5, 5.41) is 11.4. The number of ether oxygens (including phenoxy) is 2. The quantitative estimate of drug-likeness (QED) is 0.512. The van der Waals surface area contributed by atoms with Crippen LogP contribution in [0, 0.1) is 11.3 Å². The van der Waals surface area contributed by atoms with Crippen molar-refractivity contribution in [2.24, 2.45) is 0 Å². The van der Waals surface area contributed by atoms with Crippen LogP contribution in [0.2, 0.25) is 5.02 Å². The standard InChI is InChI=1S/C26H33BrClN5O4/c1-14-11-32(25(35)37-26(3,4)5)15(2)10-31(14)21-17-8-19(28)20(27)23-22(17)33(24(34)18(21)9-29)16(13-36-23)12-30(6)7/h8,14-16H,10-13H2,1-7H3/t14?,15?,16-/m1/s1. The number of nitrogens with zero attached hydrogens (tertiary/aromatic N) is 5. The Morgan fingerprint density at radius 3 is 2.57 bits per heavy atom. The average molecular weight is 595 g/mol. The maximum absolute atomic E-state index is 13.9. The van der Waals surface area contributed by atoms with Gasteiger partial charge in [0.15, 0.2) is 5.75 Å². The van der Waals surface area contributed by atoms with Crippen molar-refractivity contribution in [3.8, 4) is 11.8 Å². The van der Waals surface area contributed by atoms with Crippen LogP contribution < -0.4 is 15.2 Å². The highest BCUT2D eigenvalue weighted by Gasteiger charge is 2.38. The van der Waals surface area contributed by atoms with E-state index in [1.807, 2.05) is 58.5 Å². The number of hydrogen-bond donors (Lipinski definition) is 0. The summed E-state index contributed by atoms with van der Waals surface area (Å²) in [5.41, 5.74) is 0.232. The van der Waals surface area contributed by atoms with Crippen LogP contribution in [0.25, 0.3) is 10.9 Å². The second kappa shape index (κ2) is 10.0. The summed E-state index contributed by atoms with van der Waals surface area (Å²) in [4.78, 5) is 32.5. The molecule has 1 aromatic heterocycles. The summed E-state index contributed by atoms with van der Waals surface area (Å²) in [6.45, 7) is 11.1. The fourth-order valence-corrected chi connectivity index (χ4v) is 5.78. The van der Waals surface area contributed by atoms with Gasteiger partial charge in [0, 0.05) is 37.1 Å². The van der Waals surface area contributed by atoms with Gasteiger partial charge >= 0.3 is 6.09 Å². The first-order valence-electron chi connectivity index (χ1n) is 12.3. The summed E-state index contributed by atoms with van der Waals surface area (Å²) in [7, 11) is 3.87. The highest BCUT2D eigenvalue weighted by atomic mass is 79.9. The van der Waals surface area contributed by atoms with E-state index in [9.17, 15) is 14.9 Å². The molecule has 11 heteroatoms. The molecular weight excluding hydrogens is 562 g/mol. The van der Waals surface area contributed by atoms with E-state index in [0.717, 1.165) is 0 Å². The minimum Gasteiger partial charge on any atom is -0.488 e. The first kappa shape index (κ1) is 27.6. The lowest BCUT2D eigenvalue weighted by atomic mass is 10.0. The van der Waals surface area contributed by atoms with Crippen LogP contribution in [-0.2, 0) is 4.74 Å². The fourth-order valence-electron chi connectivity index (χ4n) is 5.17. The van der Waals surface area contributed by atoms with E-state index >= 15 is 0 Å². The third-order valence-corrected chi connectivity index (χ3v) is 8.00. The maximum Gasteiger partial charge on any atom is 0.410 e. The molecule has 0 spiro atoms. The summed E-state index contributed by atoms with van der Waals surface area (Å²) >= 11 is 10.1. The Bertz CT molecular complexity index is 1350. The number of likely N-dealkylation sites (N-methyl/N-ethyl adjacent to an activating group) is 1. The molecule has 0 radical (unpaired) electrons. The molecule has 200 valence electrons. The van der Waals surface area contributed by atoms with Gasteiger partial charge < -0.3 is 24.2 Å². The number of carbonyl (C=O) groups excluding carboxylic acids is 1. The lowest BCUT2D eigenvalue weighted by Gasteiger charge is -2.46. The number of benzene rings is 1. The Morgan fingerprint density at radius 2 is 1.97 bits per heavy atom. The van der Waals surface area contributed by atoms with E-state index in [4.69, 9.17) is 21.1 Å². The Hall–Kier alpha value is -2.48. The molecule has 9 nitrogen and oxygen atoms in total. The van der Waals surface area contributed by atoms with Crippen molar-refractivity contribution in [2.45, 2.75) is 58.3 Å². The lowest BCUT2D eigenvalue weighted by molar-refractivity contribution is 0.0130. The molecule has 1 fully saturated rings. The van der Waals surface area contributed by atoms with Gasteiger partial charge in [0.05, 0.1) is 26.7 Å². The van der Waals surface area contributed by atoms with E-state index in [1.54, 1.807) is 15.5 Å². The van der Waals surface area contributed by atoms with Crippen LogP contribution in [0.4, 0.5) is 10.5 Å². The molecule has 2 aliphatic heterocycles. The molecule has 2 unspecified atom stereocenters. The molecule has 0 aliphatic carbocycles. The van der Waals surface area contributed by atoms with Gasteiger partial charge in [0.25, 0.3) is 5.56 Å². The number of anilines is 1. The molecule has 0 bridgehead atoms. The zero-order chi connectivity index (χ0) is 27.4. The molecule has 1 amide bonds. The van der Waals surface area contributed by atoms with Gasteiger partial charge in [-0.1, -0.05) is 11.6 Å². The van der Waals surface area contributed by atoms with Crippen molar-refractivity contribution in [1.29, 1.82) is 5.26 Å². The van der Waals surface area contributed by atoms with Crippen LogP contribution in [0.1, 0.15) is 46.2 Å². The smallest absolute Gasteiger partial charge is 0.410 e. The Balaban J connectivity index is 1.89. The third-order valence-electron chi connectivity index (χ3n) is 6.69. The van der Waals surface area contributed by atoms with Gasteiger partial charge in [0.1, 0.15) is 23.8 Å². The second-order valence-corrected chi connectivity index (χ2v) is 12.3. The molecule has 37 heavy (non-hydrogen) atoms. The number of nitriles is 1. The molecule has 3 atom stereocenters. The normalized spacial score (nSPS) is 21.7. The first-order chi connectivity index (χ1) is 17.2. The molecule has 0 N–H and O–H groups in total. The first-order valence-corrected chi connectivity index (χ1v) is 13.5. The molecule has 3 heterocycles. The monoisotopic (exact) mass is 593 g/mol. The van der Waals surface area contributed by atoms with Crippen molar-refractivity contribution in [2.75, 3.05) is 45.2 Å². The van der Waals surface area contributed by atoms with E-state index in [-0.39, 0.29) is 41.9 Å². The summed E-state index contributed by atoms with van der Waals surface area (Å²) in [6.07, 6.45) is -0.379. The van der Waals surface area contributed by atoms with Crippen molar-refractivity contribution in [3.05, 3.63) is 31.5 Å². The van der Waals surface area contributed by atoms with E-state index < -0.39 is 5.60 Å². The van der Waals surface area contributed by atoms with Gasteiger partial charge in [0.2, 0.25) is 0 Å². The van der Waals surface area contributed by atoms with Gasteiger partial charge in [-0.25, -0.2) is 4.79 Å². The number of halogens is 2. The molecule has 2 aromatic rings. The number of pyridine rings is 1. The van der Waals surface area contributed by atoms with Crippen molar-refractivity contribution in [1.82, 2.24) is 14.4 Å². The number of aromatic nitrogens is 1. The van der Waals surface area contributed by atoms with Crippen LogP contribution >= 0.6 is 27.5 Å². The van der Waals surface area contributed by atoms with Gasteiger partial charge in [-0.05, 0) is 70.7 Å². The molecule has 2 aliphatic rings. The summed E-state index contributed by atoms with van der Waals surface area (Å²) < 4.78 is 14.0. The highest BCUT2D eigenvalue weighted by Crippen LogP contribution is 2.46. The molecule has 0 saturated carbocycles. The zero-order valence-corrected chi connectivity index (χ0v) is 24.6. The fraction of sp³-hybridized carbons (Fsp3) is 0.577. The number of carbonyl (C=O) groups is 1. The molecular formula is C26H33BrClN5O4. The molecule has 4 rings (SSSR count). The second-order valence-electron chi connectivity index (χ2n) is 11.1. The van der Waals surface area contributed by atoms with E-state index in [2.05, 4.69) is 22.0 Å². The minimum atomic E-state index is -0.608. The predicted molar refractivity (Wildman–Crippen MR) is 148 cm³/mol. The van der Waals surface area contributed by atoms with Crippen LogP contribution in [0.3, 0.4) is 0 Å². The van der Waals surface area contributed by atoms with Crippen molar-refractivity contribution in [3.63, 3.8) is 0 Å². The van der Waals surface area contributed by atoms with E-state index in [0.29, 0.717) is 51.5 Å². The number of piperazine rings is 1. The Morgan fingerprint density at radius 1 is 1.30 bits per heavy atom. The predicted octanol–water partition coefficient (Wildman–Crippen LogP) is 4.62. The average Bonchev–Trinajstić information content (AvgIpc) is 2.79. The van der Waals surface area contributed by atoms with Gasteiger partial charge in [-0.15, -0.1) is 0 Å². The Kier molecular flexibility index (Phi) is 7.45. The van der Waals surface area contributed by atoms with Crippen LogP contribution in [0.15, 0.2) is 15.3 Å². The van der Waals surface area contributed by atoms with Gasteiger partial charge in [-0.2, -0.15) is 5.26 Å². The topological polar surface area (TPSA) is 91.0 Å². The largest absolute Gasteiger partial charge is 0.488 e.